The molecule has 0 aliphatic carbocycles. The standard InChI is InChI=1S/C13H17FN2O3/c1-9-10(4-5-19-9)7-15-8-11-6-12(14)2-3-13(11)16(17)18/h2-3,6,9-10,15H,4-5,7-8H2,1H3. The van der Waals surface area contributed by atoms with E-state index in [9.17, 15) is 14.5 Å². The van der Waals surface area contributed by atoms with Crippen LogP contribution in [0.15, 0.2) is 18.2 Å². The maximum absolute atomic E-state index is 13.1. The van der Waals surface area contributed by atoms with E-state index in [1.165, 1.54) is 12.1 Å². The Morgan fingerprint density at radius 3 is 3.00 bits per heavy atom. The summed E-state index contributed by atoms with van der Waals surface area (Å²) in [5.74, 6) is -0.0485. The highest BCUT2D eigenvalue weighted by Crippen LogP contribution is 2.21. The number of nitro groups is 1. The SMILES string of the molecule is CC1OCCC1CNCc1cc(F)ccc1[N+](=O)[O-]. The van der Waals surface area contributed by atoms with Crippen molar-refractivity contribution in [2.24, 2.45) is 5.92 Å². The maximum atomic E-state index is 13.1. The number of nitro benzene ring substituents is 1. The molecule has 6 heteroatoms. The van der Waals surface area contributed by atoms with Crippen LogP contribution in [0.5, 0.6) is 0 Å². The molecule has 0 radical (unpaired) electrons. The van der Waals surface area contributed by atoms with Gasteiger partial charge in [0.2, 0.25) is 0 Å². The summed E-state index contributed by atoms with van der Waals surface area (Å²) in [4.78, 5) is 10.4. The molecule has 1 aromatic carbocycles. The first kappa shape index (κ1) is 13.9. The first-order valence-corrected chi connectivity index (χ1v) is 6.33. The Kier molecular flexibility index (Phi) is 4.44. The third-order valence-electron chi connectivity index (χ3n) is 3.49. The lowest BCUT2D eigenvalue weighted by Crippen LogP contribution is -2.26. The normalized spacial score (nSPS) is 22.6. The van der Waals surface area contributed by atoms with Gasteiger partial charge in [-0.2, -0.15) is 0 Å². The van der Waals surface area contributed by atoms with Crippen molar-refractivity contribution in [1.29, 1.82) is 0 Å². The van der Waals surface area contributed by atoms with Crippen molar-refractivity contribution in [3.8, 4) is 0 Å². The van der Waals surface area contributed by atoms with Gasteiger partial charge in [-0.15, -0.1) is 0 Å². The number of nitrogens with one attached hydrogen (secondary N) is 1. The molecule has 19 heavy (non-hydrogen) atoms. The van der Waals surface area contributed by atoms with E-state index in [2.05, 4.69) is 5.32 Å². The van der Waals surface area contributed by atoms with Crippen molar-refractivity contribution >= 4 is 5.69 Å². The minimum atomic E-state index is -0.488. The minimum Gasteiger partial charge on any atom is -0.378 e. The van der Waals surface area contributed by atoms with Crippen LogP contribution in [0.25, 0.3) is 0 Å². The molecule has 0 amide bonds. The zero-order valence-electron chi connectivity index (χ0n) is 10.8. The molecule has 0 spiro atoms. The van der Waals surface area contributed by atoms with Crippen LogP contribution < -0.4 is 5.32 Å². The second kappa shape index (κ2) is 6.08. The lowest BCUT2D eigenvalue weighted by Gasteiger charge is -2.14. The molecule has 0 saturated carbocycles. The second-order valence-electron chi connectivity index (χ2n) is 4.79. The fourth-order valence-corrected chi connectivity index (χ4v) is 2.31. The number of halogens is 1. The Hall–Kier alpha value is -1.53. The van der Waals surface area contributed by atoms with Crippen LogP contribution in [0.3, 0.4) is 0 Å². The van der Waals surface area contributed by atoms with Gasteiger partial charge >= 0.3 is 0 Å². The van der Waals surface area contributed by atoms with Crippen LogP contribution in [0.2, 0.25) is 0 Å². The van der Waals surface area contributed by atoms with Crippen LogP contribution in [0.1, 0.15) is 18.9 Å². The summed E-state index contributed by atoms with van der Waals surface area (Å²) in [6.45, 7) is 3.78. The molecule has 1 heterocycles. The summed E-state index contributed by atoms with van der Waals surface area (Å²) < 4.78 is 18.6. The van der Waals surface area contributed by atoms with Gasteiger partial charge in [-0.1, -0.05) is 0 Å². The van der Waals surface area contributed by atoms with E-state index < -0.39 is 10.7 Å². The van der Waals surface area contributed by atoms with Gasteiger partial charge in [0.1, 0.15) is 5.82 Å². The quantitative estimate of drug-likeness (QED) is 0.657. The first-order chi connectivity index (χ1) is 9.08. The lowest BCUT2D eigenvalue weighted by atomic mass is 10.0. The van der Waals surface area contributed by atoms with E-state index in [0.29, 0.717) is 11.5 Å². The fourth-order valence-electron chi connectivity index (χ4n) is 2.31. The average Bonchev–Trinajstić information content (AvgIpc) is 2.75. The molecule has 104 valence electrons. The number of hydrogen-bond acceptors (Lipinski definition) is 4. The highest BCUT2D eigenvalue weighted by atomic mass is 19.1. The predicted molar refractivity (Wildman–Crippen MR) is 68.3 cm³/mol. The number of hydrogen-bond donors (Lipinski definition) is 1. The van der Waals surface area contributed by atoms with E-state index in [1.807, 2.05) is 6.92 Å². The van der Waals surface area contributed by atoms with Crippen molar-refractivity contribution in [3.63, 3.8) is 0 Å². The maximum Gasteiger partial charge on any atom is 0.274 e. The average molecular weight is 268 g/mol. The van der Waals surface area contributed by atoms with E-state index in [-0.39, 0.29) is 18.3 Å². The van der Waals surface area contributed by atoms with Gasteiger partial charge in [-0.3, -0.25) is 10.1 Å². The number of ether oxygens (including phenoxy) is 1. The van der Waals surface area contributed by atoms with Gasteiger partial charge in [0.05, 0.1) is 11.0 Å². The molecule has 2 atom stereocenters. The Labute approximate surface area is 110 Å². The number of rotatable bonds is 5. The molecule has 2 unspecified atom stereocenters. The van der Waals surface area contributed by atoms with Gasteiger partial charge in [0, 0.05) is 31.3 Å². The third kappa shape index (κ3) is 3.48. The third-order valence-corrected chi connectivity index (χ3v) is 3.49. The van der Waals surface area contributed by atoms with E-state index in [4.69, 9.17) is 4.74 Å². The summed E-state index contributed by atoms with van der Waals surface area (Å²) in [6.07, 6.45) is 1.19. The second-order valence-corrected chi connectivity index (χ2v) is 4.79. The Morgan fingerprint density at radius 1 is 1.58 bits per heavy atom. The topological polar surface area (TPSA) is 64.4 Å². The first-order valence-electron chi connectivity index (χ1n) is 6.33. The Balaban J connectivity index is 1.95. The Morgan fingerprint density at radius 2 is 2.37 bits per heavy atom. The molecule has 1 N–H and O–H groups in total. The van der Waals surface area contributed by atoms with E-state index in [1.54, 1.807) is 0 Å². The van der Waals surface area contributed by atoms with Crippen LogP contribution in [0.4, 0.5) is 10.1 Å². The van der Waals surface area contributed by atoms with Crippen molar-refractivity contribution in [2.75, 3.05) is 13.2 Å². The fraction of sp³-hybridized carbons (Fsp3) is 0.538. The minimum absolute atomic E-state index is 0.0513. The van der Waals surface area contributed by atoms with Crippen LogP contribution in [-0.4, -0.2) is 24.2 Å². The number of nitrogens with zero attached hydrogens (tertiary/aromatic N) is 1. The molecule has 0 aromatic heterocycles. The highest BCUT2D eigenvalue weighted by Gasteiger charge is 2.24. The molecular weight excluding hydrogens is 251 g/mol. The van der Waals surface area contributed by atoms with Gasteiger partial charge < -0.3 is 10.1 Å². The monoisotopic (exact) mass is 268 g/mol. The lowest BCUT2D eigenvalue weighted by molar-refractivity contribution is -0.385. The molecule has 0 bridgehead atoms. The highest BCUT2D eigenvalue weighted by molar-refractivity contribution is 5.40. The molecule has 1 aliphatic rings. The largest absolute Gasteiger partial charge is 0.378 e. The van der Waals surface area contributed by atoms with Crippen LogP contribution in [-0.2, 0) is 11.3 Å². The van der Waals surface area contributed by atoms with Crippen molar-refractivity contribution < 1.29 is 14.1 Å². The molecular formula is C13H17FN2O3. The summed E-state index contributed by atoms with van der Waals surface area (Å²) >= 11 is 0. The molecule has 1 saturated heterocycles. The molecule has 1 fully saturated rings. The molecule has 2 rings (SSSR count). The summed E-state index contributed by atoms with van der Waals surface area (Å²) in [6, 6.07) is 3.52. The van der Waals surface area contributed by atoms with Crippen molar-refractivity contribution in [3.05, 3.63) is 39.7 Å². The van der Waals surface area contributed by atoms with Crippen LogP contribution in [0, 0.1) is 21.8 Å². The molecule has 1 aromatic rings. The smallest absolute Gasteiger partial charge is 0.274 e. The molecule has 5 nitrogen and oxygen atoms in total. The van der Waals surface area contributed by atoms with Crippen molar-refractivity contribution in [1.82, 2.24) is 5.32 Å². The number of benzene rings is 1. The summed E-state index contributed by atoms with van der Waals surface area (Å²) in [7, 11) is 0. The predicted octanol–water partition coefficient (Wildman–Crippen LogP) is 2.25. The van der Waals surface area contributed by atoms with Gasteiger partial charge in [-0.25, -0.2) is 4.39 Å². The van der Waals surface area contributed by atoms with Gasteiger partial charge in [-0.05, 0) is 31.4 Å². The zero-order valence-corrected chi connectivity index (χ0v) is 10.8. The zero-order chi connectivity index (χ0) is 13.8. The van der Waals surface area contributed by atoms with E-state index in [0.717, 1.165) is 25.6 Å². The Bertz CT molecular complexity index is 467. The van der Waals surface area contributed by atoms with Gasteiger partial charge in [0.25, 0.3) is 5.69 Å². The summed E-state index contributed by atoms with van der Waals surface area (Å²) in [5.41, 5.74) is 0.321. The summed E-state index contributed by atoms with van der Waals surface area (Å²) in [5, 5.41) is 14.0. The molecule has 1 aliphatic heterocycles. The van der Waals surface area contributed by atoms with Crippen molar-refractivity contribution in [2.45, 2.75) is 26.0 Å². The van der Waals surface area contributed by atoms with Gasteiger partial charge in [0.15, 0.2) is 0 Å². The van der Waals surface area contributed by atoms with Crippen LogP contribution >= 0.6 is 0 Å². The van der Waals surface area contributed by atoms with E-state index >= 15 is 0 Å².